The smallest absolute Gasteiger partial charge is 0.0345 e. The van der Waals surface area contributed by atoms with Crippen molar-refractivity contribution in [1.82, 2.24) is 0 Å². The van der Waals surface area contributed by atoms with Crippen LogP contribution in [-0.4, -0.2) is 6.04 Å². The first-order valence-corrected chi connectivity index (χ1v) is 5.85. The van der Waals surface area contributed by atoms with Gasteiger partial charge < -0.3 is 5.32 Å². The van der Waals surface area contributed by atoms with Crippen LogP contribution in [0, 0.1) is 19.3 Å². The molecule has 1 aromatic rings. The minimum atomic E-state index is 0.540. The van der Waals surface area contributed by atoms with E-state index in [1.54, 1.807) is 0 Å². The molecule has 0 spiro atoms. The summed E-state index contributed by atoms with van der Waals surface area (Å²) in [5.74, 6) is 0. The quantitative estimate of drug-likeness (QED) is 0.785. The first kappa shape index (κ1) is 10.5. The van der Waals surface area contributed by atoms with E-state index < -0.39 is 0 Å². The van der Waals surface area contributed by atoms with E-state index in [4.69, 9.17) is 0 Å². The zero-order valence-electron chi connectivity index (χ0n) is 10.2. The van der Waals surface area contributed by atoms with Crippen molar-refractivity contribution in [2.75, 3.05) is 5.32 Å². The molecule has 0 heterocycles. The van der Waals surface area contributed by atoms with Crippen molar-refractivity contribution < 1.29 is 0 Å². The second kappa shape index (κ2) is 3.55. The molecular formula is C14H21N. The van der Waals surface area contributed by atoms with Crippen molar-refractivity contribution in [2.45, 2.75) is 46.6 Å². The Morgan fingerprint density at radius 2 is 1.87 bits per heavy atom. The largest absolute Gasteiger partial charge is 0.382 e. The summed E-state index contributed by atoms with van der Waals surface area (Å²) in [6.45, 7) is 8.99. The Morgan fingerprint density at radius 1 is 1.20 bits per heavy atom. The zero-order valence-corrected chi connectivity index (χ0v) is 10.2. The first-order valence-electron chi connectivity index (χ1n) is 5.85. The molecule has 1 aliphatic carbocycles. The predicted octanol–water partition coefficient (Wildman–Crippen LogP) is 3.90. The normalized spacial score (nSPS) is 19.7. The Morgan fingerprint density at radius 3 is 2.40 bits per heavy atom. The van der Waals surface area contributed by atoms with Crippen LogP contribution in [0.5, 0.6) is 0 Å². The average molecular weight is 203 g/mol. The van der Waals surface area contributed by atoms with Crippen molar-refractivity contribution in [2.24, 2.45) is 5.41 Å². The zero-order chi connectivity index (χ0) is 11.1. The molecule has 1 saturated carbocycles. The number of benzene rings is 1. The standard InChI is InChI=1S/C14H21N/c1-10-5-6-13(9-11(10)2)15-12(3)14(4)7-8-14/h5-6,9,12,15H,7-8H2,1-4H3. The highest BCUT2D eigenvalue weighted by Crippen LogP contribution is 2.48. The Labute approximate surface area is 92.9 Å². The fourth-order valence-corrected chi connectivity index (χ4v) is 1.89. The molecule has 1 atom stereocenters. The second-order valence-corrected chi connectivity index (χ2v) is 5.32. The third kappa shape index (κ3) is 2.17. The third-order valence-corrected chi connectivity index (χ3v) is 3.97. The van der Waals surface area contributed by atoms with E-state index in [1.807, 2.05) is 0 Å². The summed E-state index contributed by atoms with van der Waals surface area (Å²) in [6.07, 6.45) is 2.73. The van der Waals surface area contributed by atoms with Crippen molar-refractivity contribution in [1.29, 1.82) is 0 Å². The maximum atomic E-state index is 3.61. The molecule has 1 aliphatic rings. The topological polar surface area (TPSA) is 12.0 Å². The Hall–Kier alpha value is -0.980. The molecule has 1 unspecified atom stereocenters. The molecule has 0 bridgehead atoms. The highest BCUT2D eigenvalue weighted by Gasteiger charge is 2.42. The molecule has 0 radical (unpaired) electrons. The van der Waals surface area contributed by atoms with Gasteiger partial charge in [-0.1, -0.05) is 13.0 Å². The summed E-state index contributed by atoms with van der Waals surface area (Å²) >= 11 is 0. The van der Waals surface area contributed by atoms with Gasteiger partial charge in [0.25, 0.3) is 0 Å². The average Bonchev–Trinajstić information content (AvgIpc) is 2.92. The Balaban J connectivity index is 2.07. The van der Waals surface area contributed by atoms with Gasteiger partial charge in [0.2, 0.25) is 0 Å². The van der Waals surface area contributed by atoms with Crippen LogP contribution in [0.2, 0.25) is 0 Å². The molecule has 0 aromatic heterocycles. The van der Waals surface area contributed by atoms with Gasteiger partial charge in [-0.25, -0.2) is 0 Å². The highest BCUT2D eigenvalue weighted by molar-refractivity contribution is 5.49. The van der Waals surface area contributed by atoms with Gasteiger partial charge in [-0.2, -0.15) is 0 Å². The van der Waals surface area contributed by atoms with E-state index in [9.17, 15) is 0 Å². The Bertz CT molecular complexity index is 364. The van der Waals surface area contributed by atoms with Gasteiger partial charge in [0.15, 0.2) is 0 Å². The SMILES string of the molecule is Cc1ccc(NC(C)C2(C)CC2)cc1C. The van der Waals surface area contributed by atoms with Gasteiger partial charge in [-0.3, -0.25) is 0 Å². The lowest BCUT2D eigenvalue weighted by atomic mass is 10.00. The van der Waals surface area contributed by atoms with E-state index in [-0.39, 0.29) is 0 Å². The molecule has 1 N–H and O–H groups in total. The lowest BCUT2D eigenvalue weighted by Gasteiger charge is -2.22. The van der Waals surface area contributed by atoms with Crippen molar-refractivity contribution >= 4 is 5.69 Å². The molecule has 1 aromatic carbocycles. The highest BCUT2D eigenvalue weighted by atomic mass is 14.9. The van der Waals surface area contributed by atoms with Crippen molar-refractivity contribution in [3.05, 3.63) is 29.3 Å². The van der Waals surface area contributed by atoms with E-state index in [2.05, 4.69) is 51.2 Å². The van der Waals surface area contributed by atoms with Gasteiger partial charge in [-0.15, -0.1) is 0 Å². The second-order valence-electron chi connectivity index (χ2n) is 5.32. The van der Waals surface area contributed by atoms with Crippen LogP contribution in [0.1, 0.15) is 37.8 Å². The van der Waals surface area contributed by atoms with E-state index in [0.29, 0.717) is 11.5 Å². The molecule has 0 amide bonds. The summed E-state index contributed by atoms with van der Waals surface area (Å²) in [4.78, 5) is 0. The van der Waals surface area contributed by atoms with Crippen LogP contribution in [0.3, 0.4) is 0 Å². The number of nitrogens with one attached hydrogen (secondary N) is 1. The molecule has 1 heteroatoms. The maximum absolute atomic E-state index is 3.61. The van der Waals surface area contributed by atoms with Crippen LogP contribution in [0.25, 0.3) is 0 Å². The molecular weight excluding hydrogens is 182 g/mol. The number of hydrogen-bond donors (Lipinski definition) is 1. The number of aryl methyl sites for hydroxylation is 2. The lowest BCUT2D eigenvalue weighted by Crippen LogP contribution is -2.24. The van der Waals surface area contributed by atoms with E-state index in [0.717, 1.165) is 0 Å². The van der Waals surface area contributed by atoms with Crippen LogP contribution < -0.4 is 5.32 Å². The van der Waals surface area contributed by atoms with Gasteiger partial charge in [-0.05, 0) is 62.3 Å². The molecule has 1 fully saturated rings. The van der Waals surface area contributed by atoms with Crippen LogP contribution in [-0.2, 0) is 0 Å². The number of anilines is 1. The first-order chi connectivity index (χ1) is 7.01. The van der Waals surface area contributed by atoms with E-state index in [1.165, 1.54) is 29.7 Å². The van der Waals surface area contributed by atoms with Crippen LogP contribution in [0.4, 0.5) is 5.69 Å². The van der Waals surface area contributed by atoms with Crippen LogP contribution >= 0.6 is 0 Å². The predicted molar refractivity (Wildman–Crippen MR) is 66.3 cm³/mol. The number of hydrogen-bond acceptors (Lipinski definition) is 1. The minimum Gasteiger partial charge on any atom is -0.382 e. The van der Waals surface area contributed by atoms with Gasteiger partial charge in [0, 0.05) is 11.7 Å². The van der Waals surface area contributed by atoms with Crippen molar-refractivity contribution in [3.63, 3.8) is 0 Å². The lowest BCUT2D eigenvalue weighted by molar-refractivity contribution is 0.493. The monoisotopic (exact) mass is 203 g/mol. The minimum absolute atomic E-state index is 0.540. The van der Waals surface area contributed by atoms with Gasteiger partial charge >= 0.3 is 0 Å². The Kier molecular flexibility index (Phi) is 2.49. The molecule has 15 heavy (non-hydrogen) atoms. The fraction of sp³-hybridized carbons (Fsp3) is 0.571. The molecule has 82 valence electrons. The molecule has 1 nitrogen and oxygen atoms in total. The van der Waals surface area contributed by atoms with Gasteiger partial charge in [0.1, 0.15) is 0 Å². The summed E-state index contributed by atoms with van der Waals surface area (Å²) in [5, 5.41) is 3.61. The number of rotatable bonds is 3. The van der Waals surface area contributed by atoms with Crippen molar-refractivity contribution in [3.8, 4) is 0 Å². The summed E-state index contributed by atoms with van der Waals surface area (Å²) in [7, 11) is 0. The summed E-state index contributed by atoms with van der Waals surface area (Å²) in [6, 6.07) is 7.21. The van der Waals surface area contributed by atoms with Crippen LogP contribution in [0.15, 0.2) is 18.2 Å². The van der Waals surface area contributed by atoms with Gasteiger partial charge in [0.05, 0.1) is 0 Å². The third-order valence-electron chi connectivity index (χ3n) is 3.97. The summed E-state index contributed by atoms with van der Waals surface area (Å²) in [5.41, 5.74) is 4.54. The molecule has 2 rings (SSSR count). The molecule has 0 saturated heterocycles. The molecule has 0 aliphatic heterocycles. The maximum Gasteiger partial charge on any atom is 0.0345 e. The fourth-order valence-electron chi connectivity index (χ4n) is 1.89. The van der Waals surface area contributed by atoms with E-state index >= 15 is 0 Å². The summed E-state index contributed by atoms with van der Waals surface area (Å²) < 4.78 is 0.